The number of hydrogen-bond donors (Lipinski definition) is 1. The lowest BCUT2D eigenvalue weighted by Crippen LogP contribution is -2.29. The predicted octanol–water partition coefficient (Wildman–Crippen LogP) is 3.98. The average Bonchev–Trinajstić information content (AvgIpc) is 3.36. The monoisotopic (exact) mass is 380 g/mol. The molecule has 1 saturated heterocycles. The number of benzene rings is 1. The smallest absolute Gasteiger partial charge is 0.302 e. The summed E-state index contributed by atoms with van der Waals surface area (Å²) in [5.74, 6) is -1.34. The standard InChI is InChI=1S/C20H16N2O4S/c1-11-12(2)27-20(21-11)22-16(14-9-6-10-26-14)15(18(24)19(22)25)17(23)13-7-4-3-5-8-13/h3-10,16,23H,1-2H3/b17-15+/t16-/m0/s1. The first kappa shape index (κ1) is 17.2. The number of furan rings is 1. The Labute approximate surface area is 159 Å². The van der Waals surface area contributed by atoms with Crippen LogP contribution in [0, 0.1) is 13.8 Å². The third-order valence-electron chi connectivity index (χ3n) is 4.53. The van der Waals surface area contributed by atoms with Gasteiger partial charge in [0.05, 0.1) is 17.5 Å². The molecule has 7 heteroatoms. The SMILES string of the molecule is Cc1nc(N2C(=O)C(=O)/C(=C(/O)c3ccccc3)[C@@H]2c2ccco2)sc1C. The summed E-state index contributed by atoms with van der Waals surface area (Å²) in [4.78, 5) is 32.3. The minimum absolute atomic E-state index is 0.00773. The normalized spacial score (nSPS) is 19.0. The van der Waals surface area contributed by atoms with Crippen molar-refractivity contribution in [3.05, 3.63) is 76.2 Å². The van der Waals surface area contributed by atoms with Crippen LogP contribution < -0.4 is 4.90 Å². The lowest BCUT2D eigenvalue weighted by atomic mass is 9.99. The molecule has 0 radical (unpaired) electrons. The van der Waals surface area contributed by atoms with Crippen LogP contribution >= 0.6 is 11.3 Å². The fraction of sp³-hybridized carbons (Fsp3) is 0.150. The Morgan fingerprint density at radius 1 is 1.15 bits per heavy atom. The van der Waals surface area contributed by atoms with Gasteiger partial charge in [0.2, 0.25) is 0 Å². The number of aryl methyl sites for hydroxylation is 2. The maximum atomic E-state index is 12.8. The van der Waals surface area contributed by atoms with Gasteiger partial charge in [0.25, 0.3) is 5.78 Å². The number of aromatic nitrogens is 1. The highest BCUT2D eigenvalue weighted by molar-refractivity contribution is 7.16. The Hall–Kier alpha value is -3.19. The maximum Gasteiger partial charge on any atom is 0.302 e. The van der Waals surface area contributed by atoms with Crippen LogP contribution in [0.2, 0.25) is 0 Å². The molecule has 1 amide bonds. The van der Waals surface area contributed by atoms with Gasteiger partial charge in [0.1, 0.15) is 17.6 Å². The van der Waals surface area contributed by atoms with Gasteiger partial charge in [-0.3, -0.25) is 14.5 Å². The summed E-state index contributed by atoms with van der Waals surface area (Å²) in [6, 6.07) is 11.2. The topological polar surface area (TPSA) is 83.6 Å². The minimum atomic E-state index is -0.870. The number of aliphatic hydroxyl groups excluding tert-OH is 1. The molecule has 1 atom stereocenters. The molecule has 6 nitrogen and oxygen atoms in total. The number of hydrogen-bond acceptors (Lipinski definition) is 6. The number of carbonyl (C=O) groups is 2. The van der Waals surface area contributed by atoms with Crippen LogP contribution in [0.1, 0.15) is 27.9 Å². The number of thiazole rings is 1. The number of rotatable bonds is 3. The molecule has 0 spiro atoms. The molecule has 3 aromatic rings. The second-order valence-corrected chi connectivity index (χ2v) is 7.37. The van der Waals surface area contributed by atoms with E-state index in [-0.39, 0.29) is 11.3 Å². The first-order chi connectivity index (χ1) is 13.0. The molecule has 0 bridgehead atoms. The van der Waals surface area contributed by atoms with E-state index in [4.69, 9.17) is 4.42 Å². The van der Waals surface area contributed by atoms with E-state index in [1.54, 1.807) is 42.5 Å². The van der Waals surface area contributed by atoms with Crippen LogP contribution in [-0.4, -0.2) is 21.8 Å². The molecule has 4 rings (SSSR count). The molecule has 1 N–H and O–H groups in total. The number of Topliss-reactive ketones (excluding diaryl/α,β-unsaturated/α-hetero) is 1. The van der Waals surface area contributed by atoms with E-state index in [2.05, 4.69) is 4.98 Å². The van der Waals surface area contributed by atoms with Crippen LogP contribution in [0.25, 0.3) is 5.76 Å². The number of carbonyl (C=O) groups excluding carboxylic acids is 2. The number of amides is 1. The van der Waals surface area contributed by atoms with E-state index >= 15 is 0 Å². The van der Waals surface area contributed by atoms with Crippen LogP contribution in [0.3, 0.4) is 0 Å². The highest BCUT2D eigenvalue weighted by Crippen LogP contribution is 2.43. The Morgan fingerprint density at radius 2 is 1.89 bits per heavy atom. The quantitative estimate of drug-likeness (QED) is 0.422. The molecule has 3 heterocycles. The van der Waals surface area contributed by atoms with Gasteiger partial charge in [0.15, 0.2) is 5.13 Å². The third-order valence-corrected chi connectivity index (χ3v) is 5.60. The van der Waals surface area contributed by atoms with Gasteiger partial charge in [-0.2, -0.15) is 0 Å². The fourth-order valence-corrected chi connectivity index (χ4v) is 3.99. The predicted molar refractivity (Wildman–Crippen MR) is 102 cm³/mol. The third kappa shape index (κ3) is 2.76. The van der Waals surface area contributed by atoms with E-state index in [1.807, 2.05) is 13.8 Å². The van der Waals surface area contributed by atoms with Gasteiger partial charge < -0.3 is 9.52 Å². The molecule has 0 aliphatic carbocycles. The van der Waals surface area contributed by atoms with Gasteiger partial charge in [0, 0.05) is 10.4 Å². The van der Waals surface area contributed by atoms with Gasteiger partial charge in [-0.15, -0.1) is 11.3 Å². The number of aliphatic hydroxyl groups is 1. The van der Waals surface area contributed by atoms with Gasteiger partial charge in [-0.1, -0.05) is 30.3 Å². The van der Waals surface area contributed by atoms with Gasteiger partial charge in [-0.05, 0) is 26.0 Å². The van der Waals surface area contributed by atoms with Crippen LogP contribution in [0.15, 0.2) is 58.7 Å². The van der Waals surface area contributed by atoms with E-state index in [0.717, 1.165) is 10.6 Å². The Balaban J connectivity index is 1.94. The summed E-state index contributed by atoms with van der Waals surface area (Å²) in [5.41, 5.74) is 1.24. The zero-order valence-electron chi connectivity index (χ0n) is 14.7. The second kappa shape index (κ2) is 6.51. The summed E-state index contributed by atoms with van der Waals surface area (Å²) in [7, 11) is 0. The zero-order chi connectivity index (χ0) is 19.1. The average molecular weight is 380 g/mol. The summed E-state index contributed by atoms with van der Waals surface area (Å²) < 4.78 is 5.50. The van der Waals surface area contributed by atoms with Crippen LogP contribution in [0.5, 0.6) is 0 Å². The highest BCUT2D eigenvalue weighted by Gasteiger charge is 2.49. The van der Waals surface area contributed by atoms with Crippen molar-refractivity contribution in [2.75, 3.05) is 4.90 Å². The Morgan fingerprint density at radius 3 is 2.48 bits per heavy atom. The summed E-state index contributed by atoms with van der Waals surface area (Å²) in [6.07, 6.45) is 1.47. The maximum absolute atomic E-state index is 12.8. The van der Waals surface area contributed by atoms with Crippen LogP contribution in [0.4, 0.5) is 5.13 Å². The molecule has 0 saturated carbocycles. The zero-order valence-corrected chi connectivity index (χ0v) is 15.5. The first-order valence-electron chi connectivity index (χ1n) is 8.33. The molecule has 1 aliphatic rings. The summed E-state index contributed by atoms with van der Waals surface area (Å²) in [6.45, 7) is 3.75. The Kier molecular flexibility index (Phi) is 4.16. The molecule has 2 aromatic heterocycles. The van der Waals surface area contributed by atoms with Crippen molar-refractivity contribution >= 4 is 33.9 Å². The van der Waals surface area contributed by atoms with E-state index in [1.165, 1.54) is 22.5 Å². The van der Waals surface area contributed by atoms with Crippen molar-refractivity contribution in [1.82, 2.24) is 4.98 Å². The van der Waals surface area contributed by atoms with Crippen molar-refractivity contribution in [2.45, 2.75) is 19.9 Å². The molecular formula is C20H16N2O4S. The molecule has 1 fully saturated rings. The lowest BCUT2D eigenvalue weighted by Gasteiger charge is -2.20. The Bertz CT molecular complexity index is 1030. The first-order valence-corrected chi connectivity index (χ1v) is 9.14. The molecule has 1 aliphatic heterocycles. The number of nitrogens with zero attached hydrogens (tertiary/aromatic N) is 2. The largest absolute Gasteiger partial charge is 0.507 e. The fourth-order valence-electron chi connectivity index (χ4n) is 3.06. The van der Waals surface area contributed by atoms with Gasteiger partial charge >= 0.3 is 5.91 Å². The lowest BCUT2D eigenvalue weighted by molar-refractivity contribution is -0.132. The molecular weight excluding hydrogens is 364 g/mol. The van der Waals surface area contributed by atoms with E-state index in [9.17, 15) is 14.7 Å². The van der Waals surface area contributed by atoms with Crippen molar-refractivity contribution in [3.8, 4) is 0 Å². The summed E-state index contributed by atoms with van der Waals surface area (Å²) >= 11 is 1.32. The molecule has 1 aromatic carbocycles. The molecule has 27 heavy (non-hydrogen) atoms. The van der Waals surface area contributed by atoms with Gasteiger partial charge in [-0.25, -0.2) is 4.98 Å². The molecule has 136 valence electrons. The van der Waals surface area contributed by atoms with Crippen molar-refractivity contribution in [1.29, 1.82) is 0 Å². The number of ketones is 1. The van der Waals surface area contributed by atoms with E-state index < -0.39 is 17.7 Å². The second-order valence-electron chi connectivity index (χ2n) is 6.19. The summed E-state index contributed by atoms with van der Waals surface area (Å²) in [5, 5.41) is 11.2. The highest BCUT2D eigenvalue weighted by atomic mass is 32.1. The van der Waals surface area contributed by atoms with E-state index in [0.29, 0.717) is 16.5 Å². The number of anilines is 1. The minimum Gasteiger partial charge on any atom is -0.507 e. The van der Waals surface area contributed by atoms with Crippen molar-refractivity contribution < 1.29 is 19.1 Å². The molecule has 0 unspecified atom stereocenters. The van der Waals surface area contributed by atoms with Crippen LogP contribution in [-0.2, 0) is 9.59 Å². The van der Waals surface area contributed by atoms with Crippen molar-refractivity contribution in [3.63, 3.8) is 0 Å². The van der Waals surface area contributed by atoms with Crippen molar-refractivity contribution in [2.24, 2.45) is 0 Å².